The second kappa shape index (κ2) is 48.3. The van der Waals surface area contributed by atoms with Crippen molar-refractivity contribution in [2.45, 2.75) is 63.7 Å². The Labute approximate surface area is 718 Å². The maximum absolute atomic E-state index is 12.8. The van der Waals surface area contributed by atoms with Crippen molar-refractivity contribution in [1.82, 2.24) is 21.3 Å². The summed E-state index contributed by atoms with van der Waals surface area (Å²) in [6.45, 7) is 11.4. The van der Waals surface area contributed by atoms with Gasteiger partial charge in [-0.3, -0.25) is 45.0 Å². The van der Waals surface area contributed by atoms with Crippen LogP contribution >= 0.6 is 0 Å². The highest BCUT2D eigenvalue weighted by atomic mass is 16.4. The monoisotopic (exact) mass is 1630 g/mol. The van der Waals surface area contributed by atoms with Crippen LogP contribution < -0.4 is 38.5 Å². The summed E-state index contributed by atoms with van der Waals surface area (Å²) in [4.78, 5) is 79.0. The van der Waals surface area contributed by atoms with Gasteiger partial charge in [0.15, 0.2) is 5.69 Å². The van der Waals surface area contributed by atoms with E-state index in [2.05, 4.69) is 52.1 Å². The number of aliphatic carboxylic acids is 2. The maximum atomic E-state index is 12.8. The molecule has 0 spiro atoms. The van der Waals surface area contributed by atoms with Crippen molar-refractivity contribution in [2.24, 2.45) is 40.9 Å². The summed E-state index contributed by atoms with van der Waals surface area (Å²) in [6.07, 6.45) is 17.1. The molecule has 4 amide bonds. The van der Waals surface area contributed by atoms with E-state index in [1.54, 1.807) is 121 Å². The van der Waals surface area contributed by atoms with E-state index >= 15 is 0 Å². The first-order chi connectivity index (χ1) is 59.5. The van der Waals surface area contributed by atoms with E-state index in [1.807, 2.05) is 255 Å². The molecule has 0 aliphatic carbocycles. The zero-order valence-electron chi connectivity index (χ0n) is 68.4. The number of carboxylic acids is 2. The molecular formula is C104H101N11O8. The molecule has 8 atom stereocenters. The minimum atomic E-state index is -1.03. The molecule has 123 heavy (non-hydrogen) atoms. The van der Waals surface area contributed by atoms with E-state index in [0.29, 0.717) is 44.6 Å². The van der Waals surface area contributed by atoms with Crippen LogP contribution in [0.3, 0.4) is 0 Å². The van der Waals surface area contributed by atoms with Gasteiger partial charge in [-0.05, 0) is 143 Å². The average molecular weight is 1630 g/mol. The van der Waals surface area contributed by atoms with Crippen LogP contribution in [-0.2, 0) is 35.3 Å². The Morgan fingerprint density at radius 3 is 0.780 bits per heavy atom. The Morgan fingerprint density at radius 1 is 0.309 bits per heavy atom. The molecular weight excluding hydrogens is 1530 g/mol. The van der Waals surface area contributed by atoms with Gasteiger partial charge in [-0.2, -0.15) is 0 Å². The standard InChI is InChI=1S/C26H25N3O3.2C26H27N3O.C26H22N2O3/c27-24(28)21-13-7-10-19(16-21)17-22(26(31)32)23(15-14-18-8-3-1-4-9-18)29-25(30)20-11-5-2-6-12-20;2*1-19(17-21-11-8-14-23(18-21)25(27)28)24(16-15-20-9-4-2-5-10-20)29-26(30)22-12-6-3-7-13-22;1-27-22-14-8-11-20(17-22)18-23(26(30)31)24(16-15-19-9-4-2-5-10-19)28-25(29)21-12-6-3-7-13-21/h1-16,22-23H,17H2,(H3,27,28)(H,29,30)(H,31,32);2*2-16,18-19,24H,17H2,1H3,(H3,27,28)(H,29,30);2-17,23-24H,18H2,(H,28,29)(H,30,31)/b15-14+;3*16-15+. The fourth-order valence-electron chi connectivity index (χ4n) is 13.3. The van der Waals surface area contributed by atoms with E-state index in [9.17, 15) is 39.0 Å². The molecule has 0 heterocycles. The molecule has 0 saturated heterocycles. The fourth-order valence-corrected chi connectivity index (χ4v) is 13.3. The van der Waals surface area contributed by atoms with Crippen LogP contribution in [0.1, 0.15) is 116 Å². The zero-order chi connectivity index (χ0) is 87.7. The number of nitrogen functional groups attached to an aromatic ring is 3. The number of carbonyl (C=O) groups is 6. The number of carboxylic acid groups (broad SMARTS) is 2. The van der Waals surface area contributed by atoms with Gasteiger partial charge >= 0.3 is 11.9 Å². The summed E-state index contributed by atoms with van der Waals surface area (Å²) in [5.41, 5.74) is 29.0. The highest BCUT2D eigenvalue weighted by Gasteiger charge is 2.31. The second-order valence-electron chi connectivity index (χ2n) is 29.3. The Morgan fingerprint density at radius 2 is 0.528 bits per heavy atom. The molecule has 620 valence electrons. The average Bonchev–Trinajstić information content (AvgIpc) is 0.842. The topological polar surface area (TPSA) is 345 Å². The number of nitrogens with one attached hydrogen (secondary N) is 7. The first-order valence-corrected chi connectivity index (χ1v) is 40.1. The molecule has 19 nitrogen and oxygen atoms in total. The van der Waals surface area contributed by atoms with Crippen molar-refractivity contribution in [3.8, 4) is 0 Å². The van der Waals surface area contributed by atoms with Gasteiger partial charge in [0.1, 0.15) is 17.5 Å². The van der Waals surface area contributed by atoms with Crippen LogP contribution in [0.15, 0.2) is 364 Å². The van der Waals surface area contributed by atoms with E-state index in [-0.39, 0.29) is 77.9 Å². The molecule has 12 rings (SSSR count). The van der Waals surface area contributed by atoms with Gasteiger partial charge in [-0.25, -0.2) is 4.85 Å². The smallest absolute Gasteiger partial charge is 0.309 e. The minimum absolute atomic E-state index is 0.0578. The number of hydrogen-bond donors (Lipinski definition) is 12. The predicted octanol–water partition coefficient (Wildman–Crippen LogP) is 18.0. The fraction of sp³-hybridized carbons (Fsp3) is 0.135. The number of amides is 4. The molecule has 0 bridgehead atoms. The van der Waals surface area contributed by atoms with Crippen LogP contribution in [0.2, 0.25) is 0 Å². The Hall–Kier alpha value is -15.7. The minimum Gasteiger partial charge on any atom is -0.481 e. The molecule has 0 fully saturated rings. The van der Waals surface area contributed by atoms with E-state index < -0.39 is 35.9 Å². The molecule has 12 aromatic carbocycles. The van der Waals surface area contributed by atoms with E-state index in [1.165, 1.54) is 0 Å². The molecule has 15 N–H and O–H groups in total. The van der Waals surface area contributed by atoms with Crippen molar-refractivity contribution in [2.75, 3.05) is 0 Å². The summed E-state index contributed by atoms with van der Waals surface area (Å²) in [7, 11) is 0. The van der Waals surface area contributed by atoms with Gasteiger partial charge in [-0.1, -0.05) is 341 Å². The van der Waals surface area contributed by atoms with Crippen LogP contribution in [0, 0.1) is 46.5 Å². The largest absolute Gasteiger partial charge is 0.481 e. The van der Waals surface area contributed by atoms with Crippen LogP contribution in [-0.4, -0.2) is 87.5 Å². The Bertz CT molecular complexity index is 5470. The third-order valence-corrected chi connectivity index (χ3v) is 20.0. The molecule has 0 saturated carbocycles. The third kappa shape index (κ3) is 30.6. The Balaban J connectivity index is 0.000000186. The van der Waals surface area contributed by atoms with E-state index in [4.69, 9.17) is 40.0 Å². The predicted molar refractivity (Wildman–Crippen MR) is 493 cm³/mol. The lowest BCUT2D eigenvalue weighted by molar-refractivity contribution is -0.143. The van der Waals surface area contributed by atoms with Gasteiger partial charge in [-0.15, -0.1) is 0 Å². The number of carbonyl (C=O) groups excluding carboxylic acids is 4. The lowest BCUT2D eigenvalue weighted by atomic mass is 9.90. The first-order valence-electron chi connectivity index (χ1n) is 40.1. The molecule has 0 radical (unpaired) electrons. The van der Waals surface area contributed by atoms with Crippen LogP contribution in [0.25, 0.3) is 29.1 Å². The lowest BCUT2D eigenvalue weighted by Crippen LogP contribution is -2.43. The zero-order valence-corrected chi connectivity index (χ0v) is 68.4. The highest BCUT2D eigenvalue weighted by molar-refractivity contribution is 5.98. The van der Waals surface area contributed by atoms with Crippen molar-refractivity contribution in [1.29, 1.82) is 16.2 Å². The normalized spacial score (nSPS) is 12.8. The molecule has 0 aliphatic rings. The molecule has 19 heteroatoms. The van der Waals surface area contributed by atoms with Crippen LogP contribution in [0.5, 0.6) is 0 Å². The van der Waals surface area contributed by atoms with Crippen molar-refractivity contribution < 1.29 is 39.0 Å². The van der Waals surface area contributed by atoms with Crippen LogP contribution in [0.4, 0.5) is 5.69 Å². The number of hydrogen-bond acceptors (Lipinski definition) is 9. The first kappa shape index (κ1) is 91.2. The summed E-state index contributed by atoms with van der Waals surface area (Å²) >= 11 is 0. The number of nitrogens with two attached hydrogens (primary N) is 3. The second-order valence-corrected chi connectivity index (χ2v) is 29.3. The molecule has 8 unspecified atom stereocenters. The van der Waals surface area contributed by atoms with Gasteiger partial charge in [0, 0.05) is 38.9 Å². The number of rotatable bonds is 33. The number of nitrogens with zero attached hydrogens (tertiary/aromatic N) is 1. The quantitative estimate of drug-likeness (QED) is 0.0104. The van der Waals surface area contributed by atoms with Gasteiger partial charge in [0.2, 0.25) is 0 Å². The maximum Gasteiger partial charge on any atom is 0.309 e. The van der Waals surface area contributed by atoms with Crippen molar-refractivity contribution >= 4 is 83.1 Å². The van der Waals surface area contributed by atoms with Gasteiger partial charge < -0.3 is 48.7 Å². The lowest BCUT2D eigenvalue weighted by Gasteiger charge is -2.23. The summed E-state index contributed by atoms with van der Waals surface area (Å²) in [6, 6.07) is 102. The van der Waals surface area contributed by atoms with Gasteiger partial charge in [0.25, 0.3) is 23.6 Å². The summed E-state index contributed by atoms with van der Waals surface area (Å²) < 4.78 is 0. The molecule has 0 aromatic heterocycles. The van der Waals surface area contributed by atoms with Crippen molar-refractivity contribution in [3.05, 3.63) is 459 Å². The van der Waals surface area contributed by atoms with Gasteiger partial charge in [0.05, 0.1) is 42.6 Å². The third-order valence-electron chi connectivity index (χ3n) is 20.0. The Kier molecular flexibility index (Phi) is 35.8. The number of benzene rings is 12. The summed E-state index contributed by atoms with van der Waals surface area (Å²) in [5, 5.41) is 55.0. The molecule has 0 aliphatic heterocycles. The molecule has 12 aromatic rings. The highest BCUT2D eigenvalue weighted by Crippen LogP contribution is 2.25. The van der Waals surface area contributed by atoms with Crippen molar-refractivity contribution in [3.63, 3.8) is 0 Å². The summed E-state index contributed by atoms with van der Waals surface area (Å²) in [5.74, 6) is -4.47. The number of amidine groups is 3. The van der Waals surface area contributed by atoms with E-state index in [0.717, 1.165) is 57.3 Å². The SMILES string of the molecule is CC(Cc1cccc(C(=N)N)c1)C(/C=C/c1ccccc1)NC(=O)c1ccccc1.CC(Cc1cccc(C(=N)N)c1)C(/C=C/c1ccccc1)NC(=O)c1ccccc1.N=C(N)c1cccc(CC(C(=O)O)C(/C=C/c2ccccc2)NC(=O)c2ccccc2)c1.[C-]#[N+]c1cccc(CC(C(=O)O)C(/C=C/c2ccccc2)NC(=O)c2ccccc2)c1.